The fraction of sp³-hybridized carbons (Fsp3) is 0.462. The maximum Gasteiger partial charge on any atom is 0.260 e. The third-order valence-corrected chi connectivity index (χ3v) is 3.45. The van der Waals surface area contributed by atoms with Gasteiger partial charge in [0.1, 0.15) is 0 Å². The number of amides is 1. The molecular formula is C13H15BrFNO2. The van der Waals surface area contributed by atoms with Gasteiger partial charge in [-0.15, -0.1) is 0 Å². The molecule has 0 bridgehead atoms. The van der Waals surface area contributed by atoms with Gasteiger partial charge in [-0.2, -0.15) is 0 Å². The van der Waals surface area contributed by atoms with Crippen LogP contribution in [0.4, 0.5) is 4.39 Å². The Morgan fingerprint density at radius 1 is 1.33 bits per heavy atom. The summed E-state index contributed by atoms with van der Waals surface area (Å²) in [5, 5.41) is 0. The van der Waals surface area contributed by atoms with Crippen molar-refractivity contribution in [3.8, 4) is 5.75 Å². The Morgan fingerprint density at radius 3 is 2.78 bits per heavy atom. The number of hydrogen-bond donors (Lipinski definition) is 0. The Hall–Kier alpha value is -1.10. The molecular weight excluding hydrogens is 301 g/mol. The smallest absolute Gasteiger partial charge is 0.260 e. The van der Waals surface area contributed by atoms with Crippen LogP contribution in [0, 0.1) is 5.82 Å². The molecule has 5 heteroatoms. The molecule has 1 aromatic carbocycles. The molecule has 3 nitrogen and oxygen atoms in total. The number of hydrogen-bond acceptors (Lipinski definition) is 2. The first-order chi connectivity index (χ1) is 8.66. The summed E-state index contributed by atoms with van der Waals surface area (Å²) in [7, 11) is 0. The topological polar surface area (TPSA) is 29.5 Å². The van der Waals surface area contributed by atoms with Gasteiger partial charge in [0.25, 0.3) is 5.91 Å². The molecule has 0 aliphatic carbocycles. The zero-order chi connectivity index (χ0) is 13.0. The lowest BCUT2D eigenvalue weighted by Crippen LogP contribution is -2.38. The molecule has 1 aliphatic rings. The van der Waals surface area contributed by atoms with Crippen molar-refractivity contribution in [2.75, 3.05) is 19.7 Å². The third-order valence-electron chi connectivity index (χ3n) is 2.95. The van der Waals surface area contributed by atoms with Crippen LogP contribution in [0.15, 0.2) is 22.7 Å². The first kappa shape index (κ1) is 13.3. The summed E-state index contributed by atoms with van der Waals surface area (Å²) in [4.78, 5) is 13.6. The Bertz CT molecular complexity index is 433. The highest BCUT2D eigenvalue weighted by molar-refractivity contribution is 9.10. The summed E-state index contributed by atoms with van der Waals surface area (Å²) in [5.41, 5.74) is 0. The van der Waals surface area contributed by atoms with Crippen molar-refractivity contribution in [1.29, 1.82) is 0 Å². The third kappa shape index (κ3) is 3.45. The number of halogens is 2. The van der Waals surface area contributed by atoms with E-state index in [1.54, 1.807) is 11.0 Å². The Labute approximate surface area is 114 Å². The van der Waals surface area contributed by atoms with Crippen LogP contribution in [0.2, 0.25) is 0 Å². The van der Waals surface area contributed by atoms with Gasteiger partial charge < -0.3 is 9.64 Å². The molecule has 0 spiro atoms. The monoisotopic (exact) mass is 315 g/mol. The van der Waals surface area contributed by atoms with E-state index in [0.717, 1.165) is 30.4 Å². The SMILES string of the molecule is O=C(COc1cc(Br)ccc1F)N1CCCCC1. The lowest BCUT2D eigenvalue weighted by molar-refractivity contribution is -0.134. The largest absolute Gasteiger partial charge is 0.481 e. The molecule has 1 fully saturated rings. The van der Waals surface area contributed by atoms with Crippen LogP contribution < -0.4 is 4.74 Å². The minimum absolute atomic E-state index is 0.0749. The zero-order valence-corrected chi connectivity index (χ0v) is 11.6. The minimum Gasteiger partial charge on any atom is -0.481 e. The molecule has 0 radical (unpaired) electrons. The molecule has 0 atom stereocenters. The molecule has 1 aromatic rings. The van der Waals surface area contributed by atoms with E-state index in [2.05, 4.69) is 15.9 Å². The molecule has 1 aliphatic heterocycles. The van der Waals surface area contributed by atoms with Crippen LogP contribution in [-0.2, 0) is 4.79 Å². The van der Waals surface area contributed by atoms with E-state index in [0.29, 0.717) is 0 Å². The van der Waals surface area contributed by atoms with Gasteiger partial charge >= 0.3 is 0 Å². The molecule has 1 heterocycles. The second-order valence-corrected chi connectivity index (χ2v) is 5.22. The van der Waals surface area contributed by atoms with Gasteiger partial charge in [0.2, 0.25) is 0 Å². The predicted octanol–water partition coefficient (Wildman–Crippen LogP) is 2.98. The first-order valence-corrected chi connectivity index (χ1v) is 6.82. The van der Waals surface area contributed by atoms with Crippen molar-refractivity contribution in [3.05, 3.63) is 28.5 Å². The quantitative estimate of drug-likeness (QED) is 0.858. The van der Waals surface area contributed by atoms with Gasteiger partial charge in [-0.05, 0) is 37.5 Å². The summed E-state index contributed by atoms with van der Waals surface area (Å²) < 4.78 is 19.4. The second-order valence-electron chi connectivity index (χ2n) is 4.30. The van der Waals surface area contributed by atoms with E-state index in [9.17, 15) is 9.18 Å². The number of rotatable bonds is 3. The molecule has 18 heavy (non-hydrogen) atoms. The molecule has 0 unspecified atom stereocenters. The van der Waals surface area contributed by atoms with Crippen LogP contribution in [0.3, 0.4) is 0 Å². The van der Waals surface area contributed by atoms with Gasteiger partial charge in [-0.1, -0.05) is 15.9 Å². The Kier molecular flexibility index (Phi) is 4.58. The van der Waals surface area contributed by atoms with Crippen LogP contribution in [0.1, 0.15) is 19.3 Å². The highest BCUT2D eigenvalue weighted by Gasteiger charge is 2.17. The Morgan fingerprint density at radius 2 is 2.06 bits per heavy atom. The van der Waals surface area contributed by atoms with Gasteiger partial charge in [0, 0.05) is 17.6 Å². The lowest BCUT2D eigenvalue weighted by atomic mass is 10.1. The number of carbonyl (C=O) groups is 1. The summed E-state index contributed by atoms with van der Waals surface area (Å²) in [6.07, 6.45) is 3.25. The molecule has 1 amide bonds. The summed E-state index contributed by atoms with van der Waals surface area (Å²) in [6.45, 7) is 1.46. The number of nitrogens with zero attached hydrogens (tertiary/aromatic N) is 1. The summed E-state index contributed by atoms with van der Waals surface area (Å²) in [5.74, 6) is -0.423. The number of benzene rings is 1. The van der Waals surface area contributed by atoms with Crippen LogP contribution in [0.5, 0.6) is 5.75 Å². The lowest BCUT2D eigenvalue weighted by Gasteiger charge is -2.26. The highest BCUT2D eigenvalue weighted by atomic mass is 79.9. The normalized spacial score (nSPS) is 15.6. The molecule has 2 rings (SSSR count). The van der Waals surface area contributed by atoms with E-state index in [1.807, 2.05) is 0 Å². The van der Waals surface area contributed by atoms with Gasteiger partial charge in [-0.25, -0.2) is 4.39 Å². The number of ether oxygens (including phenoxy) is 1. The maximum absolute atomic E-state index is 13.4. The van der Waals surface area contributed by atoms with Crippen molar-refractivity contribution < 1.29 is 13.9 Å². The summed E-state index contributed by atoms with van der Waals surface area (Å²) in [6, 6.07) is 4.43. The number of piperidine rings is 1. The second kappa shape index (κ2) is 6.18. The van der Waals surface area contributed by atoms with E-state index in [-0.39, 0.29) is 18.3 Å². The molecule has 0 aromatic heterocycles. The van der Waals surface area contributed by atoms with Gasteiger partial charge in [-0.3, -0.25) is 4.79 Å². The minimum atomic E-state index is -0.454. The van der Waals surface area contributed by atoms with Crippen molar-refractivity contribution in [1.82, 2.24) is 4.90 Å². The average Bonchev–Trinajstić information content (AvgIpc) is 2.40. The first-order valence-electron chi connectivity index (χ1n) is 6.02. The number of carbonyl (C=O) groups excluding carboxylic acids is 1. The van der Waals surface area contributed by atoms with Crippen LogP contribution in [-0.4, -0.2) is 30.5 Å². The molecule has 1 saturated heterocycles. The van der Waals surface area contributed by atoms with E-state index < -0.39 is 5.82 Å². The zero-order valence-electron chi connectivity index (χ0n) is 9.99. The predicted molar refractivity (Wildman–Crippen MR) is 70.0 cm³/mol. The molecule has 0 saturated carbocycles. The fourth-order valence-electron chi connectivity index (χ4n) is 1.96. The van der Waals surface area contributed by atoms with Crippen LogP contribution >= 0.6 is 15.9 Å². The van der Waals surface area contributed by atoms with E-state index >= 15 is 0 Å². The Balaban J connectivity index is 1.90. The average molecular weight is 316 g/mol. The van der Waals surface area contributed by atoms with E-state index in [4.69, 9.17) is 4.74 Å². The van der Waals surface area contributed by atoms with Gasteiger partial charge in [0.05, 0.1) is 0 Å². The maximum atomic E-state index is 13.4. The molecule has 98 valence electrons. The van der Waals surface area contributed by atoms with Crippen molar-refractivity contribution in [3.63, 3.8) is 0 Å². The van der Waals surface area contributed by atoms with Crippen molar-refractivity contribution in [2.24, 2.45) is 0 Å². The van der Waals surface area contributed by atoms with Gasteiger partial charge in [0.15, 0.2) is 18.2 Å². The summed E-state index contributed by atoms with van der Waals surface area (Å²) >= 11 is 3.24. The number of likely N-dealkylation sites (tertiary alicyclic amines) is 1. The fourth-order valence-corrected chi connectivity index (χ4v) is 2.30. The van der Waals surface area contributed by atoms with Crippen molar-refractivity contribution in [2.45, 2.75) is 19.3 Å². The van der Waals surface area contributed by atoms with Crippen molar-refractivity contribution >= 4 is 21.8 Å². The standard InChI is InChI=1S/C13H15BrFNO2/c14-10-4-5-11(15)12(8-10)18-9-13(17)16-6-2-1-3-7-16/h4-5,8H,1-3,6-7,9H2. The van der Waals surface area contributed by atoms with Crippen LogP contribution in [0.25, 0.3) is 0 Å². The van der Waals surface area contributed by atoms with E-state index in [1.165, 1.54) is 18.6 Å². The molecule has 0 N–H and O–H groups in total. The highest BCUT2D eigenvalue weighted by Crippen LogP contribution is 2.22.